The highest BCUT2D eigenvalue weighted by Crippen LogP contribution is 2.39. The van der Waals surface area contributed by atoms with Gasteiger partial charge in [-0.1, -0.05) is 30.3 Å². The number of fused-ring (bicyclic) bond motifs is 1. The molecule has 1 N–H and O–H groups in total. The van der Waals surface area contributed by atoms with Crippen LogP contribution in [0.3, 0.4) is 0 Å². The minimum Gasteiger partial charge on any atom is -0.492 e. The van der Waals surface area contributed by atoms with E-state index in [0.717, 1.165) is 21.9 Å². The summed E-state index contributed by atoms with van der Waals surface area (Å²) in [5.41, 5.74) is 0.764. The third-order valence-electron chi connectivity index (χ3n) is 4.83. The van der Waals surface area contributed by atoms with Gasteiger partial charge in [0.05, 0.1) is 24.6 Å². The summed E-state index contributed by atoms with van der Waals surface area (Å²) in [5, 5.41) is 2.99. The molecule has 0 unspecified atom stereocenters. The topological polar surface area (TPSA) is 84.9 Å². The van der Waals surface area contributed by atoms with E-state index < -0.39 is 21.5 Å². The van der Waals surface area contributed by atoms with Crippen LogP contribution >= 0.6 is 0 Å². The fourth-order valence-corrected chi connectivity index (χ4v) is 4.48. The van der Waals surface area contributed by atoms with Crippen molar-refractivity contribution in [2.45, 2.75) is 38.8 Å². The van der Waals surface area contributed by atoms with Gasteiger partial charge in [-0.25, -0.2) is 8.42 Å². The predicted octanol–water partition coefficient (Wildman–Crippen LogP) is 3.27. The second-order valence-electron chi connectivity index (χ2n) is 7.89. The van der Waals surface area contributed by atoms with E-state index >= 15 is 0 Å². The third-order valence-corrected chi connectivity index (χ3v) is 5.96. The van der Waals surface area contributed by atoms with E-state index in [1.165, 1.54) is 0 Å². The van der Waals surface area contributed by atoms with Gasteiger partial charge in [0.25, 0.3) is 0 Å². The second kappa shape index (κ2) is 8.55. The van der Waals surface area contributed by atoms with Crippen LogP contribution in [-0.2, 0) is 14.8 Å². The molecule has 1 atom stereocenters. The molecule has 2 aromatic rings. The molecule has 0 aliphatic carbocycles. The van der Waals surface area contributed by atoms with Crippen molar-refractivity contribution in [1.82, 2.24) is 5.32 Å². The molecule has 0 aromatic heterocycles. The van der Waals surface area contributed by atoms with Gasteiger partial charge >= 0.3 is 0 Å². The molecule has 0 radical (unpaired) electrons. The summed E-state index contributed by atoms with van der Waals surface area (Å²) in [6, 6.07) is 14.1. The van der Waals surface area contributed by atoms with Crippen molar-refractivity contribution >= 4 is 21.6 Å². The molecule has 8 heteroatoms. The lowest BCUT2D eigenvalue weighted by atomic mass is 9.89. The number of ether oxygens (including phenoxy) is 2. The van der Waals surface area contributed by atoms with Crippen LogP contribution in [0.25, 0.3) is 0 Å². The van der Waals surface area contributed by atoms with Crippen molar-refractivity contribution in [3.63, 3.8) is 0 Å². The summed E-state index contributed by atoms with van der Waals surface area (Å²) < 4.78 is 37.6. The van der Waals surface area contributed by atoms with E-state index in [2.05, 4.69) is 5.32 Å². The largest absolute Gasteiger partial charge is 0.492 e. The Morgan fingerprint density at radius 3 is 2.57 bits per heavy atom. The molecule has 1 heterocycles. The first-order valence-electron chi connectivity index (χ1n) is 9.87. The van der Waals surface area contributed by atoms with Crippen LogP contribution in [0.5, 0.6) is 11.5 Å². The molecule has 0 spiro atoms. The van der Waals surface area contributed by atoms with Crippen LogP contribution in [0, 0.1) is 0 Å². The predicted molar refractivity (Wildman–Crippen MR) is 116 cm³/mol. The van der Waals surface area contributed by atoms with Gasteiger partial charge in [-0.3, -0.25) is 9.10 Å². The fraction of sp³-hybridized carbons (Fsp3) is 0.409. The third kappa shape index (κ3) is 5.05. The van der Waals surface area contributed by atoms with Crippen LogP contribution < -0.4 is 19.1 Å². The molecule has 0 saturated heterocycles. The highest BCUT2D eigenvalue weighted by molar-refractivity contribution is 7.92. The van der Waals surface area contributed by atoms with Crippen LogP contribution in [-0.4, -0.2) is 39.3 Å². The summed E-state index contributed by atoms with van der Waals surface area (Å²) in [6.07, 6.45) is 1.65. The Labute approximate surface area is 178 Å². The quantitative estimate of drug-likeness (QED) is 0.726. The Morgan fingerprint density at radius 2 is 1.87 bits per heavy atom. The smallest absolute Gasteiger partial charge is 0.241 e. The van der Waals surface area contributed by atoms with Gasteiger partial charge in [-0.05, 0) is 39.0 Å². The summed E-state index contributed by atoms with van der Waals surface area (Å²) >= 11 is 0. The lowest BCUT2D eigenvalue weighted by molar-refractivity contribution is -0.120. The van der Waals surface area contributed by atoms with Gasteiger partial charge in [0.1, 0.15) is 23.6 Å². The average Bonchev–Trinajstić information content (AvgIpc) is 2.65. The maximum atomic E-state index is 12.9. The van der Waals surface area contributed by atoms with Crippen molar-refractivity contribution in [3.05, 3.63) is 54.1 Å². The van der Waals surface area contributed by atoms with Crippen LogP contribution in [0.15, 0.2) is 48.5 Å². The minimum atomic E-state index is -3.71. The van der Waals surface area contributed by atoms with E-state index in [4.69, 9.17) is 9.47 Å². The zero-order chi connectivity index (χ0) is 21.9. The summed E-state index contributed by atoms with van der Waals surface area (Å²) in [7, 11) is -3.71. The number of para-hydroxylation sites is 3. The highest BCUT2D eigenvalue weighted by atomic mass is 32.2. The van der Waals surface area contributed by atoms with Crippen LogP contribution in [0.2, 0.25) is 0 Å². The minimum absolute atomic E-state index is 0.277. The van der Waals surface area contributed by atoms with Crippen molar-refractivity contribution in [1.29, 1.82) is 0 Å². The van der Waals surface area contributed by atoms with Gasteiger partial charge in [0.2, 0.25) is 15.9 Å². The number of nitrogens with zero attached hydrogens (tertiary/aromatic N) is 1. The van der Waals surface area contributed by atoms with Crippen molar-refractivity contribution in [2.24, 2.45) is 0 Å². The van der Waals surface area contributed by atoms with Gasteiger partial charge < -0.3 is 14.8 Å². The highest BCUT2D eigenvalue weighted by Gasteiger charge is 2.35. The number of nitrogens with one attached hydrogen (secondary N) is 1. The van der Waals surface area contributed by atoms with Gasteiger partial charge in [-0.2, -0.15) is 0 Å². The first kappa shape index (κ1) is 22.0. The first-order valence-corrected chi connectivity index (χ1v) is 11.7. The SMILES string of the molecule is CCOc1ccccc1N(CC(=O)N[C@@H]1CC(C)(C)Oc2ccccc21)S(C)(=O)=O. The van der Waals surface area contributed by atoms with Crippen molar-refractivity contribution in [2.75, 3.05) is 23.7 Å². The second-order valence-corrected chi connectivity index (χ2v) is 9.80. The number of benzene rings is 2. The molecule has 7 nitrogen and oxygen atoms in total. The molecule has 1 amide bonds. The molecule has 30 heavy (non-hydrogen) atoms. The van der Waals surface area contributed by atoms with Crippen molar-refractivity contribution < 1.29 is 22.7 Å². The van der Waals surface area contributed by atoms with Crippen molar-refractivity contribution in [3.8, 4) is 11.5 Å². The Morgan fingerprint density at radius 1 is 1.20 bits per heavy atom. The van der Waals surface area contributed by atoms with E-state index in [1.807, 2.05) is 45.0 Å². The van der Waals surface area contributed by atoms with E-state index in [9.17, 15) is 13.2 Å². The summed E-state index contributed by atoms with van der Waals surface area (Å²) in [6.45, 7) is 5.78. The monoisotopic (exact) mass is 432 g/mol. The summed E-state index contributed by atoms with van der Waals surface area (Å²) in [5.74, 6) is 0.737. The number of rotatable bonds is 7. The number of hydrogen-bond donors (Lipinski definition) is 1. The molecule has 162 valence electrons. The molecular formula is C22H28N2O5S. The number of sulfonamides is 1. The number of hydrogen-bond acceptors (Lipinski definition) is 5. The average molecular weight is 433 g/mol. The fourth-order valence-electron chi connectivity index (χ4n) is 3.62. The molecule has 3 rings (SSSR count). The lowest BCUT2D eigenvalue weighted by Gasteiger charge is -2.38. The summed E-state index contributed by atoms with van der Waals surface area (Å²) in [4.78, 5) is 12.9. The van der Waals surface area contributed by atoms with E-state index in [1.54, 1.807) is 24.3 Å². The Bertz CT molecular complexity index is 1020. The standard InChI is InChI=1S/C22H28N2O5S/c1-5-28-20-13-9-7-11-18(20)24(30(4,26)27)15-21(25)23-17-14-22(2,3)29-19-12-8-6-10-16(17)19/h6-13,17H,5,14-15H2,1-4H3,(H,23,25)/t17-/m1/s1. The molecule has 1 aliphatic heterocycles. The number of anilines is 1. The zero-order valence-corrected chi connectivity index (χ0v) is 18.5. The number of carbonyl (C=O) groups excluding carboxylic acids is 1. The maximum Gasteiger partial charge on any atom is 0.241 e. The molecule has 0 bridgehead atoms. The molecule has 1 aliphatic rings. The van der Waals surface area contributed by atoms with E-state index in [0.29, 0.717) is 24.5 Å². The Kier molecular flexibility index (Phi) is 6.26. The Hall–Kier alpha value is -2.74. The first-order chi connectivity index (χ1) is 14.1. The van der Waals surface area contributed by atoms with Crippen LogP contribution in [0.1, 0.15) is 38.8 Å². The Balaban J connectivity index is 1.85. The number of carbonyl (C=O) groups is 1. The molecular weight excluding hydrogens is 404 g/mol. The normalized spacial score (nSPS) is 17.4. The molecule has 0 saturated carbocycles. The molecule has 2 aromatic carbocycles. The lowest BCUT2D eigenvalue weighted by Crippen LogP contribution is -2.45. The van der Waals surface area contributed by atoms with E-state index in [-0.39, 0.29) is 12.6 Å². The van der Waals surface area contributed by atoms with Gasteiger partial charge in [0.15, 0.2) is 0 Å². The maximum absolute atomic E-state index is 12.9. The van der Waals surface area contributed by atoms with Gasteiger partial charge in [0, 0.05) is 12.0 Å². The van der Waals surface area contributed by atoms with Gasteiger partial charge in [-0.15, -0.1) is 0 Å². The molecule has 0 fully saturated rings. The zero-order valence-electron chi connectivity index (χ0n) is 17.7. The van der Waals surface area contributed by atoms with Crippen LogP contribution in [0.4, 0.5) is 5.69 Å². The number of amides is 1.